The van der Waals surface area contributed by atoms with Crippen molar-refractivity contribution in [3.63, 3.8) is 0 Å². The predicted octanol–water partition coefficient (Wildman–Crippen LogP) is 3.34. The Kier molecular flexibility index (Phi) is 3.43. The third kappa shape index (κ3) is 2.29. The van der Waals surface area contributed by atoms with E-state index >= 15 is 0 Å². The molecular weight excluding hydrogens is 363 g/mol. The Balaban J connectivity index is 2.22. The number of anilines is 1. The van der Waals surface area contributed by atoms with E-state index in [0.717, 1.165) is 22.4 Å². The monoisotopic (exact) mass is 376 g/mol. The van der Waals surface area contributed by atoms with Crippen molar-refractivity contribution in [2.24, 2.45) is 7.05 Å². The van der Waals surface area contributed by atoms with Crippen molar-refractivity contribution in [3.8, 4) is 22.4 Å². The van der Waals surface area contributed by atoms with Crippen molar-refractivity contribution >= 4 is 28.4 Å². The van der Waals surface area contributed by atoms with Gasteiger partial charge in [-0.2, -0.15) is 5.10 Å². The summed E-state index contributed by atoms with van der Waals surface area (Å²) in [5.41, 5.74) is 10.1. The van der Waals surface area contributed by atoms with Gasteiger partial charge in [-0.1, -0.05) is 12.1 Å². The van der Waals surface area contributed by atoms with Crippen LogP contribution >= 0.6 is 22.6 Å². The van der Waals surface area contributed by atoms with E-state index in [2.05, 4.69) is 56.9 Å². The van der Waals surface area contributed by atoms with E-state index in [-0.39, 0.29) is 0 Å². The van der Waals surface area contributed by atoms with E-state index in [1.54, 1.807) is 17.1 Å². The van der Waals surface area contributed by atoms with Crippen molar-refractivity contribution < 1.29 is 0 Å². The van der Waals surface area contributed by atoms with Crippen LogP contribution in [0.2, 0.25) is 0 Å². The number of hydrogen-bond acceptors (Lipinski definition) is 3. The Bertz CT molecular complexity index is 733. The van der Waals surface area contributed by atoms with Gasteiger partial charge in [0.15, 0.2) is 0 Å². The number of pyridine rings is 1. The van der Waals surface area contributed by atoms with E-state index in [1.165, 1.54) is 3.57 Å². The van der Waals surface area contributed by atoms with Gasteiger partial charge >= 0.3 is 0 Å². The number of aryl methyl sites for hydroxylation is 1. The average Bonchev–Trinajstić information content (AvgIpc) is 2.77. The van der Waals surface area contributed by atoms with Crippen LogP contribution in [0.3, 0.4) is 0 Å². The Morgan fingerprint density at radius 1 is 1.00 bits per heavy atom. The van der Waals surface area contributed by atoms with Crippen LogP contribution in [0, 0.1) is 3.57 Å². The Morgan fingerprint density at radius 2 is 1.65 bits per heavy atom. The van der Waals surface area contributed by atoms with Crippen molar-refractivity contribution in [3.05, 3.63) is 52.4 Å². The lowest BCUT2D eigenvalue weighted by Gasteiger charge is -2.04. The minimum atomic E-state index is 0.657. The Labute approximate surface area is 130 Å². The number of rotatable bonds is 2. The molecule has 4 nitrogen and oxygen atoms in total. The zero-order valence-electron chi connectivity index (χ0n) is 10.9. The molecule has 5 heteroatoms. The van der Waals surface area contributed by atoms with Gasteiger partial charge in [0.05, 0.1) is 5.56 Å². The van der Waals surface area contributed by atoms with Gasteiger partial charge < -0.3 is 5.73 Å². The molecule has 2 N–H and O–H groups in total. The van der Waals surface area contributed by atoms with Crippen molar-refractivity contribution in [1.29, 1.82) is 0 Å². The quantitative estimate of drug-likeness (QED) is 0.698. The molecule has 3 rings (SSSR count). The number of benzene rings is 1. The molecule has 0 atom stereocenters. The molecule has 2 aromatic heterocycles. The molecule has 0 bridgehead atoms. The van der Waals surface area contributed by atoms with Crippen molar-refractivity contribution in [2.45, 2.75) is 0 Å². The molecule has 0 aliphatic rings. The lowest BCUT2D eigenvalue weighted by Crippen LogP contribution is -1.97. The smallest absolute Gasteiger partial charge is 0.129 e. The molecule has 0 unspecified atom stereocenters. The summed E-state index contributed by atoms with van der Waals surface area (Å²) in [4.78, 5) is 4.05. The summed E-state index contributed by atoms with van der Waals surface area (Å²) >= 11 is 2.29. The molecule has 0 radical (unpaired) electrons. The summed E-state index contributed by atoms with van der Waals surface area (Å²) in [7, 11) is 1.86. The zero-order chi connectivity index (χ0) is 14.1. The van der Waals surface area contributed by atoms with E-state index in [4.69, 9.17) is 5.73 Å². The third-order valence-corrected chi connectivity index (χ3v) is 3.90. The second-order valence-corrected chi connectivity index (χ2v) is 5.72. The van der Waals surface area contributed by atoms with E-state index < -0.39 is 0 Å². The standard InChI is InChI=1S/C15H13IN4/c1-20-15(17)13(10-6-8-18-9-7-10)14(19-20)11-2-4-12(16)5-3-11/h2-9H,17H2,1H3. The van der Waals surface area contributed by atoms with Gasteiger partial charge in [-0.3, -0.25) is 9.67 Å². The van der Waals surface area contributed by atoms with Gasteiger partial charge in [0.1, 0.15) is 11.5 Å². The average molecular weight is 376 g/mol. The number of nitrogens with zero attached hydrogens (tertiary/aromatic N) is 3. The molecule has 1 aromatic carbocycles. The Morgan fingerprint density at radius 3 is 2.30 bits per heavy atom. The summed E-state index contributed by atoms with van der Waals surface area (Å²) in [5, 5.41) is 4.56. The predicted molar refractivity (Wildman–Crippen MR) is 89.0 cm³/mol. The molecule has 0 aliphatic carbocycles. The molecular formula is C15H13IN4. The fourth-order valence-electron chi connectivity index (χ4n) is 2.15. The molecule has 0 spiro atoms. The summed E-state index contributed by atoms with van der Waals surface area (Å²) in [6, 6.07) is 12.2. The number of hydrogen-bond donors (Lipinski definition) is 1. The highest BCUT2D eigenvalue weighted by atomic mass is 127. The van der Waals surface area contributed by atoms with Crippen molar-refractivity contribution in [2.75, 3.05) is 5.73 Å². The first-order valence-corrected chi connectivity index (χ1v) is 7.23. The first-order chi connectivity index (χ1) is 9.66. The van der Waals surface area contributed by atoms with Gasteiger partial charge in [0.25, 0.3) is 0 Å². The lowest BCUT2D eigenvalue weighted by atomic mass is 10.0. The van der Waals surface area contributed by atoms with Crippen LogP contribution in [0.25, 0.3) is 22.4 Å². The molecule has 3 aromatic rings. The van der Waals surface area contributed by atoms with Crippen LogP contribution in [0.4, 0.5) is 5.82 Å². The van der Waals surface area contributed by atoms with E-state index in [1.807, 2.05) is 19.2 Å². The van der Waals surface area contributed by atoms with Crippen LogP contribution in [0.5, 0.6) is 0 Å². The molecule has 0 amide bonds. The lowest BCUT2D eigenvalue weighted by molar-refractivity contribution is 0.782. The highest BCUT2D eigenvalue weighted by Crippen LogP contribution is 2.35. The maximum atomic E-state index is 6.18. The first kappa shape index (κ1) is 13.1. The second kappa shape index (κ2) is 5.24. The maximum absolute atomic E-state index is 6.18. The van der Waals surface area contributed by atoms with Crippen molar-refractivity contribution in [1.82, 2.24) is 14.8 Å². The topological polar surface area (TPSA) is 56.7 Å². The number of aromatic nitrogens is 3. The van der Waals surface area contributed by atoms with Gasteiger partial charge in [-0.15, -0.1) is 0 Å². The van der Waals surface area contributed by atoms with Crippen LogP contribution in [0.15, 0.2) is 48.8 Å². The molecule has 0 fully saturated rings. The van der Waals surface area contributed by atoms with Gasteiger partial charge in [-0.25, -0.2) is 0 Å². The van der Waals surface area contributed by atoms with Gasteiger partial charge in [0.2, 0.25) is 0 Å². The summed E-state index contributed by atoms with van der Waals surface area (Å²) in [5.74, 6) is 0.657. The molecule has 2 heterocycles. The largest absolute Gasteiger partial charge is 0.383 e. The van der Waals surface area contributed by atoms with Crippen LogP contribution in [0.1, 0.15) is 0 Å². The number of nitrogen functional groups attached to an aromatic ring is 1. The maximum Gasteiger partial charge on any atom is 0.129 e. The van der Waals surface area contributed by atoms with Crippen LogP contribution in [-0.4, -0.2) is 14.8 Å². The summed E-state index contributed by atoms with van der Waals surface area (Å²) in [6.07, 6.45) is 3.53. The Hall–Kier alpha value is -1.89. The van der Waals surface area contributed by atoms with E-state index in [0.29, 0.717) is 5.82 Å². The molecule has 20 heavy (non-hydrogen) atoms. The van der Waals surface area contributed by atoms with Gasteiger partial charge in [-0.05, 0) is 52.4 Å². The minimum absolute atomic E-state index is 0.657. The molecule has 100 valence electrons. The summed E-state index contributed by atoms with van der Waals surface area (Å²) in [6.45, 7) is 0. The van der Waals surface area contributed by atoms with E-state index in [9.17, 15) is 0 Å². The molecule has 0 aliphatic heterocycles. The normalized spacial score (nSPS) is 10.7. The first-order valence-electron chi connectivity index (χ1n) is 6.15. The molecule has 0 saturated carbocycles. The number of halogens is 1. The highest BCUT2D eigenvalue weighted by molar-refractivity contribution is 14.1. The third-order valence-electron chi connectivity index (χ3n) is 3.18. The molecule has 0 saturated heterocycles. The minimum Gasteiger partial charge on any atom is -0.383 e. The summed E-state index contributed by atoms with van der Waals surface area (Å²) < 4.78 is 2.91. The second-order valence-electron chi connectivity index (χ2n) is 4.48. The van der Waals surface area contributed by atoms with Crippen LogP contribution < -0.4 is 5.73 Å². The van der Waals surface area contributed by atoms with Crippen LogP contribution in [-0.2, 0) is 7.05 Å². The zero-order valence-corrected chi connectivity index (χ0v) is 13.1. The SMILES string of the molecule is Cn1nc(-c2ccc(I)cc2)c(-c2ccncc2)c1N. The van der Waals surface area contributed by atoms with Gasteiger partial charge in [0, 0.05) is 28.6 Å². The fraction of sp³-hybridized carbons (Fsp3) is 0.0667. The highest BCUT2D eigenvalue weighted by Gasteiger charge is 2.17. The fourth-order valence-corrected chi connectivity index (χ4v) is 2.51. The number of nitrogens with two attached hydrogens (primary N) is 1.